The Balaban J connectivity index is 1.13. The molecule has 4 rings (SSSR count). The van der Waals surface area contributed by atoms with Crippen LogP contribution in [0.3, 0.4) is 0 Å². The first-order valence-corrected chi connectivity index (χ1v) is 12.3. The Kier molecular flexibility index (Phi) is 8.70. The van der Waals surface area contributed by atoms with Gasteiger partial charge in [0.2, 0.25) is 0 Å². The van der Waals surface area contributed by atoms with E-state index in [-0.39, 0.29) is 11.3 Å². The molecule has 0 aliphatic carbocycles. The smallest absolute Gasteiger partial charge is 0.277 e. The number of nitro groups is 1. The van der Waals surface area contributed by atoms with Gasteiger partial charge in [-0.15, -0.1) is 0 Å². The second-order valence-electron chi connectivity index (χ2n) is 8.81. The number of hydroxylamine groups is 1. The number of amides is 1. The van der Waals surface area contributed by atoms with E-state index in [0.717, 1.165) is 63.4 Å². The molecule has 9 nitrogen and oxygen atoms in total. The molecule has 0 aromatic heterocycles. The van der Waals surface area contributed by atoms with E-state index in [1.807, 2.05) is 18.2 Å². The first kappa shape index (κ1) is 25.4. The fourth-order valence-corrected chi connectivity index (χ4v) is 4.54. The molecule has 0 bridgehead atoms. The van der Waals surface area contributed by atoms with Crippen molar-refractivity contribution in [3.05, 3.63) is 76.3 Å². The Bertz CT molecular complexity index is 1190. The molecular weight excluding hydrogens is 460 g/mol. The predicted octanol–water partition coefficient (Wildman–Crippen LogP) is 4.41. The van der Waals surface area contributed by atoms with E-state index < -0.39 is 10.8 Å². The fraction of sp³-hybridized carbons (Fsp3) is 0.370. The van der Waals surface area contributed by atoms with Crippen molar-refractivity contribution in [2.24, 2.45) is 0 Å². The molecule has 0 unspecified atom stereocenters. The van der Waals surface area contributed by atoms with Crippen molar-refractivity contribution < 1.29 is 19.3 Å². The highest BCUT2D eigenvalue weighted by molar-refractivity contribution is 6.01. The van der Waals surface area contributed by atoms with E-state index in [2.05, 4.69) is 21.3 Å². The molecule has 3 aromatic carbocycles. The van der Waals surface area contributed by atoms with Crippen molar-refractivity contribution in [1.82, 2.24) is 10.4 Å². The number of unbranched alkanes of at least 4 members (excludes halogenated alkanes) is 2. The first-order chi connectivity index (χ1) is 17.6. The first-order valence-electron chi connectivity index (χ1n) is 12.3. The SMILES string of the molecule is COc1ccccc1N1CCN(CCCCCONC(=O)c2cc([N+](=O)[O-])c3ccccc3c2)CC1. The second kappa shape index (κ2) is 12.3. The minimum atomic E-state index is -0.489. The molecular formula is C27H32N4O5. The highest BCUT2D eigenvalue weighted by Crippen LogP contribution is 2.29. The number of methoxy groups -OCH3 is 1. The van der Waals surface area contributed by atoms with E-state index in [0.29, 0.717) is 17.4 Å². The summed E-state index contributed by atoms with van der Waals surface area (Å²) in [6.45, 7) is 5.41. The van der Waals surface area contributed by atoms with Gasteiger partial charge in [0.05, 0.1) is 29.7 Å². The highest BCUT2D eigenvalue weighted by atomic mass is 16.7. The summed E-state index contributed by atoms with van der Waals surface area (Å²) in [7, 11) is 1.71. The number of hydrogen-bond donors (Lipinski definition) is 1. The van der Waals surface area contributed by atoms with Gasteiger partial charge in [-0.25, -0.2) is 5.48 Å². The third-order valence-electron chi connectivity index (χ3n) is 6.48. The van der Waals surface area contributed by atoms with Gasteiger partial charge < -0.3 is 9.64 Å². The molecule has 0 radical (unpaired) electrons. The van der Waals surface area contributed by atoms with Crippen molar-refractivity contribution in [1.29, 1.82) is 0 Å². The Labute approximate surface area is 210 Å². The van der Waals surface area contributed by atoms with Crippen LogP contribution in [0.4, 0.5) is 11.4 Å². The lowest BCUT2D eigenvalue weighted by molar-refractivity contribution is -0.383. The highest BCUT2D eigenvalue weighted by Gasteiger charge is 2.19. The van der Waals surface area contributed by atoms with Crippen molar-refractivity contribution in [2.45, 2.75) is 19.3 Å². The number of hydrogen-bond acceptors (Lipinski definition) is 7. The standard InChI is InChI=1S/C27H32N4O5/c1-35-26-12-6-5-11-24(26)30-16-14-29(15-17-30)13-7-2-8-18-36-28-27(32)22-19-21-9-3-4-10-23(21)25(20-22)31(33)34/h3-6,9-12,19-20H,2,7-8,13-18H2,1H3,(H,28,32). The summed E-state index contributed by atoms with van der Waals surface area (Å²) in [6.07, 6.45) is 2.87. The van der Waals surface area contributed by atoms with Crippen LogP contribution in [0.1, 0.15) is 29.6 Å². The Morgan fingerprint density at radius 1 is 1.00 bits per heavy atom. The van der Waals surface area contributed by atoms with Gasteiger partial charge in [-0.05, 0) is 55.5 Å². The van der Waals surface area contributed by atoms with Gasteiger partial charge in [0.25, 0.3) is 11.6 Å². The second-order valence-corrected chi connectivity index (χ2v) is 8.81. The van der Waals surface area contributed by atoms with Crippen LogP contribution in [0.25, 0.3) is 10.8 Å². The van der Waals surface area contributed by atoms with Gasteiger partial charge in [0, 0.05) is 37.8 Å². The molecule has 1 N–H and O–H groups in total. The number of fused-ring (bicyclic) bond motifs is 1. The normalized spacial score (nSPS) is 14.1. The third-order valence-corrected chi connectivity index (χ3v) is 6.48. The molecule has 36 heavy (non-hydrogen) atoms. The number of para-hydroxylation sites is 2. The molecule has 1 saturated heterocycles. The molecule has 190 valence electrons. The maximum Gasteiger partial charge on any atom is 0.277 e. The summed E-state index contributed by atoms with van der Waals surface area (Å²) in [5.41, 5.74) is 3.67. The zero-order chi connectivity index (χ0) is 25.3. The minimum Gasteiger partial charge on any atom is -0.495 e. The van der Waals surface area contributed by atoms with Gasteiger partial charge in [-0.1, -0.05) is 30.3 Å². The molecule has 1 heterocycles. The number of carbonyl (C=O) groups is 1. The van der Waals surface area contributed by atoms with Crippen molar-refractivity contribution in [2.75, 3.05) is 51.3 Å². The quantitative estimate of drug-likeness (QED) is 0.241. The number of anilines is 1. The van der Waals surface area contributed by atoms with E-state index in [4.69, 9.17) is 9.57 Å². The number of benzene rings is 3. The lowest BCUT2D eigenvalue weighted by Gasteiger charge is -2.36. The van der Waals surface area contributed by atoms with Crippen molar-refractivity contribution >= 4 is 28.1 Å². The summed E-state index contributed by atoms with van der Waals surface area (Å²) >= 11 is 0. The van der Waals surface area contributed by atoms with Gasteiger partial charge >= 0.3 is 0 Å². The zero-order valence-corrected chi connectivity index (χ0v) is 20.5. The molecule has 9 heteroatoms. The van der Waals surface area contributed by atoms with Crippen LogP contribution in [-0.4, -0.2) is 62.2 Å². The van der Waals surface area contributed by atoms with Crippen LogP contribution in [0, 0.1) is 10.1 Å². The molecule has 1 fully saturated rings. The Morgan fingerprint density at radius 3 is 2.53 bits per heavy atom. The van der Waals surface area contributed by atoms with Gasteiger partial charge in [-0.3, -0.25) is 24.6 Å². The summed E-state index contributed by atoms with van der Waals surface area (Å²) in [5, 5.41) is 12.5. The molecule has 1 amide bonds. The number of nitrogens with zero attached hydrogens (tertiary/aromatic N) is 3. The molecule has 3 aromatic rings. The topological polar surface area (TPSA) is 97.2 Å². The third kappa shape index (κ3) is 6.30. The molecule has 1 aliphatic rings. The van der Waals surface area contributed by atoms with E-state index in [1.165, 1.54) is 6.07 Å². The van der Waals surface area contributed by atoms with E-state index in [9.17, 15) is 14.9 Å². The van der Waals surface area contributed by atoms with Crippen LogP contribution in [0.2, 0.25) is 0 Å². The number of rotatable bonds is 11. The molecule has 0 saturated carbocycles. The van der Waals surface area contributed by atoms with Gasteiger partial charge in [0.1, 0.15) is 5.75 Å². The van der Waals surface area contributed by atoms with Gasteiger partial charge in [0.15, 0.2) is 0 Å². The average molecular weight is 493 g/mol. The van der Waals surface area contributed by atoms with Gasteiger partial charge in [-0.2, -0.15) is 0 Å². The zero-order valence-electron chi connectivity index (χ0n) is 20.5. The summed E-state index contributed by atoms with van der Waals surface area (Å²) in [4.78, 5) is 33.6. The number of nitro benzene ring substituents is 1. The number of ether oxygens (including phenoxy) is 1. The number of nitrogens with one attached hydrogen (secondary N) is 1. The van der Waals surface area contributed by atoms with E-state index in [1.54, 1.807) is 37.4 Å². The van der Waals surface area contributed by atoms with Crippen LogP contribution >= 0.6 is 0 Å². The molecule has 1 aliphatic heterocycles. The fourth-order valence-electron chi connectivity index (χ4n) is 4.54. The summed E-state index contributed by atoms with van der Waals surface area (Å²) in [6, 6.07) is 18.0. The minimum absolute atomic E-state index is 0.0954. The van der Waals surface area contributed by atoms with Crippen molar-refractivity contribution in [3.8, 4) is 5.75 Å². The van der Waals surface area contributed by atoms with Crippen LogP contribution in [0.5, 0.6) is 5.75 Å². The number of carbonyl (C=O) groups excluding carboxylic acids is 1. The Hall–Kier alpha value is -3.69. The number of non-ortho nitro benzene ring substituents is 1. The Morgan fingerprint density at radius 2 is 1.75 bits per heavy atom. The average Bonchev–Trinajstić information content (AvgIpc) is 2.92. The van der Waals surface area contributed by atoms with Crippen LogP contribution < -0.4 is 15.1 Å². The van der Waals surface area contributed by atoms with E-state index >= 15 is 0 Å². The summed E-state index contributed by atoms with van der Waals surface area (Å²) < 4.78 is 5.49. The maximum absolute atomic E-state index is 12.5. The lowest BCUT2D eigenvalue weighted by Crippen LogP contribution is -2.46. The van der Waals surface area contributed by atoms with Crippen molar-refractivity contribution in [3.63, 3.8) is 0 Å². The maximum atomic E-state index is 12.5. The molecule has 0 atom stereocenters. The molecule has 0 spiro atoms. The number of piperazine rings is 1. The predicted molar refractivity (Wildman–Crippen MR) is 140 cm³/mol. The largest absolute Gasteiger partial charge is 0.495 e. The van der Waals surface area contributed by atoms with Crippen LogP contribution in [-0.2, 0) is 4.84 Å². The monoisotopic (exact) mass is 492 g/mol. The van der Waals surface area contributed by atoms with Crippen LogP contribution in [0.15, 0.2) is 60.7 Å². The lowest BCUT2D eigenvalue weighted by atomic mass is 10.0. The summed E-state index contributed by atoms with van der Waals surface area (Å²) in [5.74, 6) is 0.425.